The molecule has 0 bridgehead atoms. The number of aliphatic hydroxyl groups excluding tert-OH is 1. The van der Waals surface area contributed by atoms with Gasteiger partial charge in [-0.3, -0.25) is 4.57 Å². The van der Waals surface area contributed by atoms with Crippen LogP contribution in [0.4, 0.5) is 5.82 Å². The fraction of sp³-hybridized carbons (Fsp3) is 0.267. The molecule has 4 heterocycles. The maximum absolute atomic E-state index is 13.0. The number of imidazole rings is 1. The number of rotatable bonds is 9. The molecule has 2 aliphatic rings. The lowest BCUT2D eigenvalue weighted by Gasteiger charge is -2.31. The molecule has 6 atom stereocenters. The predicted octanol–water partition coefficient (Wildman–Crippen LogP) is 2.86. The van der Waals surface area contributed by atoms with E-state index in [1.54, 1.807) is 17.5 Å². The normalized spacial score (nSPS) is 25.0. The van der Waals surface area contributed by atoms with Gasteiger partial charge in [0.2, 0.25) is 10.9 Å². The highest BCUT2D eigenvalue weighted by atomic mass is 35.5. The van der Waals surface area contributed by atoms with Crippen LogP contribution in [-0.4, -0.2) is 69.7 Å². The molecule has 1 saturated carbocycles. The van der Waals surface area contributed by atoms with Crippen LogP contribution in [0.5, 0.6) is 0 Å². The number of thiazole rings is 1. The molecule has 2 fully saturated rings. The van der Waals surface area contributed by atoms with Crippen LogP contribution in [0.25, 0.3) is 22.3 Å². The third-order valence-corrected chi connectivity index (χ3v) is 9.08. The minimum atomic E-state index is -2.01. The summed E-state index contributed by atoms with van der Waals surface area (Å²) in [6.45, 7) is 0. The van der Waals surface area contributed by atoms with E-state index < -0.39 is 41.7 Å². The van der Waals surface area contributed by atoms with E-state index in [0.29, 0.717) is 5.56 Å². The maximum Gasteiger partial charge on any atom is 0.342 e. The second-order valence-electron chi connectivity index (χ2n) is 10.9. The molecular weight excluding hydrogens is 622 g/mol. The van der Waals surface area contributed by atoms with E-state index in [2.05, 4.69) is 26.0 Å². The molecule has 0 radical (unpaired) electrons. The first-order valence-electron chi connectivity index (χ1n) is 13.7. The van der Waals surface area contributed by atoms with Gasteiger partial charge in [-0.1, -0.05) is 48.5 Å². The zero-order chi connectivity index (χ0) is 31.5. The maximum atomic E-state index is 13.0. The number of benzene rings is 2. The van der Waals surface area contributed by atoms with Crippen molar-refractivity contribution in [2.45, 2.75) is 48.6 Å². The van der Waals surface area contributed by atoms with Gasteiger partial charge < -0.3 is 30.5 Å². The summed E-state index contributed by atoms with van der Waals surface area (Å²) in [6, 6.07) is 17.1. The highest BCUT2D eigenvalue weighted by Crippen LogP contribution is 2.57. The van der Waals surface area contributed by atoms with Crippen molar-refractivity contribution in [1.82, 2.24) is 24.5 Å². The van der Waals surface area contributed by atoms with Gasteiger partial charge in [-0.15, -0.1) is 11.3 Å². The summed E-state index contributed by atoms with van der Waals surface area (Å²) >= 11 is 7.18. The zero-order valence-electron chi connectivity index (χ0n) is 23.2. The fourth-order valence-electron chi connectivity index (χ4n) is 5.96. The number of nitrogen functional groups attached to an aromatic ring is 1. The quantitative estimate of drug-likeness (QED) is 0.171. The Morgan fingerprint density at radius 1 is 1.22 bits per heavy atom. The number of aliphatic carboxylic acids is 1. The monoisotopic (exact) mass is 645 g/mol. The summed E-state index contributed by atoms with van der Waals surface area (Å²) in [5.74, 6) is -1.28. The molecule has 2 aromatic carbocycles. The third-order valence-electron chi connectivity index (χ3n) is 8.33. The van der Waals surface area contributed by atoms with Crippen LogP contribution < -0.4 is 5.73 Å². The Labute approximate surface area is 264 Å². The van der Waals surface area contributed by atoms with Gasteiger partial charge in [-0.2, -0.15) is 15.2 Å². The molecule has 45 heavy (non-hydrogen) atoms. The van der Waals surface area contributed by atoms with Crippen molar-refractivity contribution in [2.75, 3.05) is 5.73 Å². The molecule has 1 saturated heterocycles. The first kappa shape index (κ1) is 29.2. The lowest BCUT2D eigenvalue weighted by Crippen LogP contribution is -2.46. The number of carboxylic acids is 1. The molecule has 15 heteroatoms. The first-order valence-corrected chi connectivity index (χ1v) is 15.0. The van der Waals surface area contributed by atoms with Crippen molar-refractivity contribution in [2.24, 2.45) is 0 Å². The average Bonchev–Trinajstić information content (AvgIpc) is 3.52. The van der Waals surface area contributed by atoms with E-state index >= 15 is 0 Å². The van der Waals surface area contributed by atoms with Gasteiger partial charge in [0.25, 0.3) is 0 Å². The molecular formula is C30H24ClN7O6S. The van der Waals surface area contributed by atoms with E-state index in [0.717, 1.165) is 16.7 Å². The number of nitrogens with zero attached hydrogens (tertiary/aromatic N) is 6. The van der Waals surface area contributed by atoms with Crippen LogP contribution in [0.15, 0.2) is 65.7 Å². The van der Waals surface area contributed by atoms with Gasteiger partial charge >= 0.3 is 5.97 Å². The lowest BCUT2D eigenvalue weighted by molar-refractivity contribution is -0.186. The third kappa shape index (κ3) is 4.64. The fourth-order valence-corrected chi connectivity index (χ4v) is 6.75. The Morgan fingerprint density at radius 3 is 2.67 bits per heavy atom. The topological polar surface area (TPSA) is 203 Å². The van der Waals surface area contributed by atoms with E-state index in [-0.39, 0.29) is 40.8 Å². The van der Waals surface area contributed by atoms with Crippen LogP contribution in [0.3, 0.4) is 0 Å². The Balaban J connectivity index is 1.17. The van der Waals surface area contributed by atoms with Crippen molar-refractivity contribution in [3.05, 3.63) is 87.9 Å². The number of nitriles is 1. The highest BCUT2D eigenvalue weighted by molar-refractivity contribution is 7.07. The Kier molecular flexibility index (Phi) is 7.04. The number of aromatic nitrogens is 5. The largest absolute Gasteiger partial charge is 0.479 e. The molecule has 5 aromatic rings. The van der Waals surface area contributed by atoms with Crippen molar-refractivity contribution >= 4 is 45.9 Å². The van der Waals surface area contributed by atoms with Gasteiger partial charge in [-0.25, -0.2) is 14.8 Å². The smallest absolute Gasteiger partial charge is 0.342 e. The molecule has 0 spiro atoms. The number of aliphatic hydroxyl groups is 2. The molecule has 3 aromatic heterocycles. The highest BCUT2D eigenvalue weighted by Gasteiger charge is 2.79. The number of nitrogens with two attached hydrogens (primary N) is 1. The molecule has 7 rings (SSSR count). The van der Waals surface area contributed by atoms with Gasteiger partial charge in [0.05, 0.1) is 30.0 Å². The Hall–Kier alpha value is -4.49. The molecule has 228 valence electrons. The number of fused-ring (bicyclic) bond motifs is 2. The van der Waals surface area contributed by atoms with Crippen molar-refractivity contribution in [1.29, 1.82) is 5.26 Å². The second-order valence-corrected chi connectivity index (χ2v) is 11.9. The van der Waals surface area contributed by atoms with Gasteiger partial charge in [-0.05, 0) is 33.9 Å². The molecule has 0 amide bonds. The molecule has 1 aliphatic heterocycles. The molecule has 1 unspecified atom stereocenters. The Bertz CT molecular complexity index is 1970. The summed E-state index contributed by atoms with van der Waals surface area (Å²) in [5.41, 5.74) is 7.30. The SMILES string of the molecule is N#CCc1ccccc1-c1ccc(C[C@](OC2[C@H]3O[C@@H](n4cnc5c(N)nc(Cl)nc54)[C@H](O)[C@@]23O)(C(=O)O)c2cscn2)cc1. The number of anilines is 1. The Morgan fingerprint density at radius 2 is 2.00 bits per heavy atom. The van der Waals surface area contributed by atoms with Crippen LogP contribution in [0.2, 0.25) is 5.28 Å². The zero-order valence-corrected chi connectivity index (χ0v) is 24.8. The summed E-state index contributed by atoms with van der Waals surface area (Å²) in [6.07, 6.45) is -3.49. The van der Waals surface area contributed by atoms with Crippen molar-refractivity contribution < 1.29 is 29.6 Å². The molecule has 13 nitrogen and oxygen atoms in total. The minimum absolute atomic E-state index is 0.0373. The lowest BCUT2D eigenvalue weighted by atomic mass is 9.90. The van der Waals surface area contributed by atoms with E-state index in [4.69, 9.17) is 26.8 Å². The minimum Gasteiger partial charge on any atom is -0.479 e. The van der Waals surface area contributed by atoms with E-state index in [1.807, 2.05) is 36.4 Å². The van der Waals surface area contributed by atoms with E-state index in [9.17, 15) is 25.4 Å². The number of halogens is 1. The summed E-state index contributed by atoms with van der Waals surface area (Å²) in [4.78, 5) is 29.5. The van der Waals surface area contributed by atoms with Crippen LogP contribution in [0, 0.1) is 11.3 Å². The summed E-state index contributed by atoms with van der Waals surface area (Å²) < 4.78 is 13.6. The number of hydrogen-bond acceptors (Lipinski definition) is 12. The van der Waals surface area contributed by atoms with Crippen LogP contribution >= 0.6 is 22.9 Å². The van der Waals surface area contributed by atoms with E-state index in [1.165, 1.54) is 27.7 Å². The summed E-state index contributed by atoms with van der Waals surface area (Å²) in [7, 11) is 0. The molecule has 5 N–H and O–H groups in total. The van der Waals surface area contributed by atoms with Crippen LogP contribution in [-0.2, 0) is 32.7 Å². The standard InChI is InChI=1S/C30H24ClN7O6S/c31-28-36-24(33)20-25(37-28)38(13-34-20)26-21(39)30(42)22(43-26)23(30)44-29(27(40)41,19-12-45-14-35-19)11-15-5-7-17(8-6-15)18-4-2-1-3-16(18)9-10-32/h1-8,12-14,21-23,26,39,42H,9,11H2,(H,40,41)(H2,33,36,37)/t21-,22+,23?,26+,29+,30-/m0/s1. The second kappa shape index (κ2) is 10.8. The van der Waals surface area contributed by atoms with Gasteiger partial charge in [0.1, 0.15) is 23.8 Å². The predicted molar refractivity (Wildman–Crippen MR) is 161 cm³/mol. The number of carboxylic acid groups (broad SMARTS) is 1. The van der Waals surface area contributed by atoms with Gasteiger partial charge in [0, 0.05) is 11.8 Å². The number of carbonyl (C=O) groups is 1. The van der Waals surface area contributed by atoms with Crippen molar-refractivity contribution in [3.63, 3.8) is 0 Å². The van der Waals surface area contributed by atoms with Crippen LogP contribution in [0.1, 0.15) is 23.0 Å². The average molecular weight is 646 g/mol. The summed E-state index contributed by atoms with van der Waals surface area (Å²) in [5, 5.41) is 44.1. The number of hydrogen-bond donors (Lipinski definition) is 4. The van der Waals surface area contributed by atoms with Crippen molar-refractivity contribution in [3.8, 4) is 17.2 Å². The molecule has 1 aliphatic carbocycles. The number of ether oxygens (including phenoxy) is 2. The van der Waals surface area contributed by atoms with Gasteiger partial charge in [0.15, 0.2) is 23.3 Å². The first-order chi connectivity index (χ1) is 21.7.